The molecule has 7 N–H and O–H groups in total. The fraction of sp³-hybridized carbons (Fsp3) is 0.565. The van der Waals surface area contributed by atoms with Gasteiger partial charge in [0.2, 0.25) is 10.0 Å². The third-order valence-electron chi connectivity index (χ3n) is 6.66. The molecule has 1 saturated carbocycles. The summed E-state index contributed by atoms with van der Waals surface area (Å²) in [5.74, 6) is -4.60. The van der Waals surface area contributed by atoms with Gasteiger partial charge in [0.1, 0.15) is 0 Å². The first-order valence-electron chi connectivity index (χ1n) is 12.2. The molecule has 2 fully saturated rings. The SMILES string of the molecule is CC(NS(=O)(=O)c1ccc(C(F)(F)F)cc1)C(=O)C(NC1CC1)(C(=O)O)C(=O)NCC1CCCN(C(=N)N)C1. The number of piperidine rings is 1. The van der Waals surface area contributed by atoms with Crippen molar-refractivity contribution in [2.24, 2.45) is 11.7 Å². The summed E-state index contributed by atoms with van der Waals surface area (Å²) in [6.07, 6.45) is -2.34. The molecule has 0 radical (unpaired) electrons. The Morgan fingerprint density at radius 1 is 1.18 bits per heavy atom. The lowest BCUT2D eigenvalue weighted by molar-refractivity contribution is -0.156. The number of hydrogen-bond donors (Lipinski definition) is 6. The number of carboxylic acids is 1. The maximum absolute atomic E-state index is 13.5. The van der Waals surface area contributed by atoms with E-state index >= 15 is 0 Å². The number of guanidine groups is 1. The van der Waals surface area contributed by atoms with E-state index in [0.29, 0.717) is 63.0 Å². The number of carbonyl (C=O) groups is 3. The quantitative estimate of drug-likeness (QED) is 0.121. The Kier molecular flexibility index (Phi) is 8.92. The second-order valence-corrected chi connectivity index (χ2v) is 11.5. The van der Waals surface area contributed by atoms with Gasteiger partial charge in [-0.05, 0) is 62.8 Å². The molecule has 16 heteroatoms. The summed E-state index contributed by atoms with van der Waals surface area (Å²) < 4.78 is 66.0. The second-order valence-electron chi connectivity index (χ2n) is 9.75. The van der Waals surface area contributed by atoms with Gasteiger partial charge in [-0.2, -0.15) is 13.2 Å². The molecular formula is C23H31F3N6O6S. The topological polar surface area (TPSA) is 195 Å². The van der Waals surface area contributed by atoms with Crippen LogP contribution in [-0.4, -0.2) is 79.3 Å². The van der Waals surface area contributed by atoms with Gasteiger partial charge in [-0.1, -0.05) is 0 Å². The van der Waals surface area contributed by atoms with Gasteiger partial charge in [0.05, 0.1) is 16.5 Å². The molecule has 2 aliphatic rings. The molecule has 3 rings (SSSR count). The summed E-state index contributed by atoms with van der Waals surface area (Å²) in [4.78, 5) is 40.2. The Hall–Kier alpha value is -3.24. The normalized spacial score (nSPS) is 20.5. The lowest BCUT2D eigenvalue weighted by Gasteiger charge is -2.34. The minimum absolute atomic E-state index is 0.0110. The van der Waals surface area contributed by atoms with Crippen LogP contribution in [0.1, 0.15) is 38.2 Å². The van der Waals surface area contributed by atoms with Crippen LogP contribution in [0, 0.1) is 11.3 Å². The highest BCUT2D eigenvalue weighted by Crippen LogP contribution is 2.30. The van der Waals surface area contributed by atoms with E-state index in [1.165, 1.54) is 0 Å². The fourth-order valence-corrected chi connectivity index (χ4v) is 5.57. The van der Waals surface area contributed by atoms with Crippen LogP contribution < -0.4 is 21.1 Å². The number of ketones is 1. The van der Waals surface area contributed by atoms with Gasteiger partial charge in [-0.25, -0.2) is 17.9 Å². The van der Waals surface area contributed by atoms with Crippen molar-refractivity contribution in [2.45, 2.75) is 61.3 Å². The number of nitrogens with one attached hydrogen (secondary N) is 4. The van der Waals surface area contributed by atoms with Gasteiger partial charge in [0.15, 0.2) is 11.7 Å². The van der Waals surface area contributed by atoms with Crippen LogP contribution in [0.25, 0.3) is 0 Å². The molecule has 0 bridgehead atoms. The Labute approximate surface area is 223 Å². The number of nitrogens with two attached hydrogens (primary N) is 1. The number of sulfonamides is 1. The van der Waals surface area contributed by atoms with Crippen molar-refractivity contribution in [3.63, 3.8) is 0 Å². The largest absolute Gasteiger partial charge is 0.479 e. The van der Waals surface area contributed by atoms with Gasteiger partial charge in [-0.15, -0.1) is 0 Å². The lowest BCUT2D eigenvalue weighted by Crippen LogP contribution is -2.71. The van der Waals surface area contributed by atoms with Crippen molar-refractivity contribution in [1.29, 1.82) is 5.41 Å². The third kappa shape index (κ3) is 7.05. The zero-order valence-corrected chi connectivity index (χ0v) is 21.9. The molecule has 1 heterocycles. The van der Waals surface area contributed by atoms with E-state index in [1.54, 1.807) is 4.90 Å². The number of halogens is 3. The summed E-state index contributed by atoms with van der Waals surface area (Å²) in [7, 11) is -4.56. The number of amides is 1. The van der Waals surface area contributed by atoms with Crippen LogP contribution in [0.5, 0.6) is 0 Å². The first-order chi connectivity index (χ1) is 18.1. The monoisotopic (exact) mass is 576 g/mol. The van der Waals surface area contributed by atoms with Gasteiger partial charge in [0.25, 0.3) is 11.4 Å². The molecule has 3 atom stereocenters. The molecule has 1 aliphatic heterocycles. The van der Waals surface area contributed by atoms with Crippen LogP contribution >= 0.6 is 0 Å². The van der Waals surface area contributed by atoms with Crippen LogP contribution in [0.2, 0.25) is 0 Å². The molecule has 12 nitrogen and oxygen atoms in total. The molecule has 1 aromatic carbocycles. The number of hydrogen-bond acceptors (Lipinski definition) is 7. The minimum Gasteiger partial charge on any atom is -0.479 e. The zero-order chi connectivity index (χ0) is 29.2. The summed E-state index contributed by atoms with van der Waals surface area (Å²) >= 11 is 0. The molecule has 1 amide bonds. The smallest absolute Gasteiger partial charge is 0.416 e. The maximum atomic E-state index is 13.5. The van der Waals surface area contributed by atoms with Gasteiger partial charge in [-0.3, -0.25) is 20.3 Å². The molecule has 0 spiro atoms. The number of carbonyl (C=O) groups excluding carboxylic acids is 2. The van der Waals surface area contributed by atoms with Crippen LogP contribution in [0.4, 0.5) is 13.2 Å². The number of rotatable bonds is 11. The molecule has 0 aromatic heterocycles. The maximum Gasteiger partial charge on any atom is 0.416 e. The Morgan fingerprint density at radius 3 is 2.31 bits per heavy atom. The van der Waals surface area contributed by atoms with Gasteiger partial charge >= 0.3 is 12.1 Å². The molecule has 216 valence electrons. The Balaban J connectivity index is 1.79. The predicted molar refractivity (Wildman–Crippen MR) is 132 cm³/mol. The second kappa shape index (κ2) is 11.5. The number of benzene rings is 1. The third-order valence-corrected chi connectivity index (χ3v) is 8.21. The average Bonchev–Trinajstić information content (AvgIpc) is 3.68. The van der Waals surface area contributed by atoms with Crippen molar-refractivity contribution >= 4 is 33.6 Å². The first kappa shape index (κ1) is 30.3. The number of aliphatic carboxylic acids is 1. The van der Waals surface area contributed by atoms with E-state index in [9.17, 15) is 41.1 Å². The van der Waals surface area contributed by atoms with E-state index in [1.807, 2.05) is 4.72 Å². The number of nitrogens with zero attached hydrogens (tertiary/aromatic N) is 1. The fourth-order valence-electron chi connectivity index (χ4n) is 4.37. The number of Topliss-reactive ketones (excluding diaryl/α,β-unsaturated/α-hetero) is 1. The van der Waals surface area contributed by atoms with E-state index in [-0.39, 0.29) is 18.4 Å². The summed E-state index contributed by atoms with van der Waals surface area (Å²) in [5.41, 5.74) is 1.63. The summed E-state index contributed by atoms with van der Waals surface area (Å²) in [5, 5.41) is 22.7. The summed E-state index contributed by atoms with van der Waals surface area (Å²) in [6.45, 7) is 1.96. The Bertz CT molecular complexity index is 1220. The van der Waals surface area contributed by atoms with E-state index < -0.39 is 61.9 Å². The standard InChI is InChI=1S/C23H31F3N6O6S/c1-13(31-39(37,38)17-8-4-15(5-9-17)23(24,25)26)18(33)22(20(35)36,30-16-6-7-16)19(34)29-11-14-3-2-10-32(12-14)21(27)28/h4-5,8-9,13-14,16,30-31H,2-3,6-7,10-12H2,1H3,(H3,27,28)(H,29,34)(H,35,36). The Morgan fingerprint density at radius 2 is 1.79 bits per heavy atom. The zero-order valence-electron chi connectivity index (χ0n) is 21.0. The molecule has 1 aromatic rings. The number of carboxylic acid groups (broad SMARTS) is 1. The lowest BCUT2D eigenvalue weighted by atomic mass is 9.88. The van der Waals surface area contributed by atoms with Crippen molar-refractivity contribution in [3.8, 4) is 0 Å². The number of likely N-dealkylation sites (tertiary alicyclic amines) is 1. The predicted octanol–water partition coefficient (Wildman–Crippen LogP) is 0.238. The molecule has 3 unspecified atom stereocenters. The highest BCUT2D eigenvalue weighted by Gasteiger charge is 2.57. The molecule has 39 heavy (non-hydrogen) atoms. The number of alkyl halides is 3. The first-order valence-corrected chi connectivity index (χ1v) is 13.7. The molecule has 1 aliphatic carbocycles. The van der Waals surface area contributed by atoms with Crippen molar-refractivity contribution in [3.05, 3.63) is 29.8 Å². The van der Waals surface area contributed by atoms with E-state index in [4.69, 9.17) is 11.1 Å². The van der Waals surface area contributed by atoms with Crippen molar-refractivity contribution in [1.82, 2.24) is 20.3 Å². The van der Waals surface area contributed by atoms with Gasteiger partial charge in [0, 0.05) is 25.7 Å². The highest BCUT2D eigenvalue weighted by molar-refractivity contribution is 7.89. The van der Waals surface area contributed by atoms with Crippen LogP contribution in [0.3, 0.4) is 0 Å². The van der Waals surface area contributed by atoms with Crippen molar-refractivity contribution in [2.75, 3.05) is 19.6 Å². The van der Waals surface area contributed by atoms with Gasteiger partial charge < -0.3 is 21.1 Å². The van der Waals surface area contributed by atoms with Crippen LogP contribution in [0.15, 0.2) is 29.2 Å². The molecular weight excluding hydrogens is 545 g/mol. The highest BCUT2D eigenvalue weighted by atomic mass is 32.2. The summed E-state index contributed by atoms with van der Waals surface area (Å²) in [6, 6.07) is 0.324. The van der Waals surface area contributed by atoms with Crippen molar-refractivity contribution < 1.29 is 41.1 Å². The van der Waals surface area contributed by atoms with E-state index in [2.05, 4.69) is 10.6 Å². The van der Waals surface area contributed by atoms with Crippen LogP contribution in [-0.2, 0) is 30.6 Å². The average molecular weight is 577 g/mol. The minimum atomic E-state index is -4.69. The van der Waals surface area contributed by atoms with E-state index in [0.717, 1.165) is 6.92 Å². The molecule has 1 saturated heterocycles.